The molecule has 0 saturated heterocycles. The minimum atomic E-state index is -0.392. The van der Waals surface area contributed by atoms with E-state index >= 15 is 0 Å². The number of esters is 1. The summed E-state index contributed by atoms with van der Waals surface area (Å²) in [6.07, 6.45) is 1.82. The molecule has 1 atom stereocenters. The number of hydrogen-bond acceptors (Lipinski definition) is 6. The Hall–Kier alpha value is -2.70. The number of tetrazole rings is 1. The zero-order valence-electron chi connectivity index (χ0n) is 13.2. The number of fused-ring (bicyclic) bond motifs is 1. The van der Waals surface area contributed by atoms with Crippen LogP contribution >= 0.6 is 0 Å². The van der Waals surface area contributed by atoms with Crippen LogP contribution in [0.5, 0.6) is 0 Å². The molecule has 0 unspecified atom stereocenters. The smallest absolute Gasteiger partial charge is 0.338 e. The topological polar surface area (TPSA) is 81.9 Å². The summed E-state index contributed by atoms with van der Waals surface area (Å²) < 4.78 is 7.03. The first-order valence-electron chi connectivity index (χ1n) is 7.70. The molecule has 0 amide bonds. The van der Waals surface area contributed by atoms with Crippen LogP contribution in [0.25, 0.3) is 0 Å². The highest BCUT2D eigenvalue weighted by molar-refractivity contribution is 5.92. The third kappa shape index (κ3) is 2.94. The lowest BCUT2D eigenvalue weighted by molar-refractivity contribution is -0.139. The van der Waals surface area contributed by atoms with Crippen molar-refractivity contribution in [3.63, 3.8) is 0 Å². The van der Waals surface area contributed by atoms with Gasteiger partial charge in [0.1, 0.15) is 6.04 Å². The second-order valence-corrected chi connectivity index (χ2v) is 5.41. The average Bonchev–Trinajstić information content (AvgIpc) is 3.02. The van der Waals surface area contributed by atoms with Crippen LogP contribution in [0.15, 0.2) is 41.6 Å². The van der Waals surface area contributed by atoms with E-state index in [1.54, 1.807) is 4.68 Å². The molecule has 0 fully saturated rings. The van der Waals surface area contributed by atoms with Crippen LogP contribution in [0.3, 0.4) is 0 Å². The molecule has 7 heteroatoms. The van der Waals surface area contributed by atoms with E-state index in [1.807, 2.05) is 37.3 Å². The molecule has 0 radical (unpaired) electrons. The first kappa shape index (κ1) is 15.2. The summed E-state index contributed by atoms with van der Waals surface area (Å²) in [5.74, 6) is 0.180. The molecule has 0 bridgehead atoms. The molecule has 1 N–H and O–H groups in total. The van der Waals surface area contributed by atoms with E-state index in [0.29, 0.717) is 23.8 Å². The Balaban J connectivity index is 1.99. The number of benzene rings is 1. The molecule has 1 aliphatic rings. The quantitative estimate of drug-likeness (QED) is 0.674. The molecule has 3 rings (SSSR count). The van der Waals surface area contributed by atoms with Gasteiger partial charge in [-0.25, -0.2) is 4.79 Å². The lowest BCUT2D eigenvalue weighted by atomic mass is 9.96. The Morgan fingerprint density at radius 1 is 1.35 bits per heavy atom. The number of ether oxygens (including phenoxy) is 1. The standard InChI is InChI=1S/C16H19N5O2/c1-3-4-10-23-15(22)13-11(2)17-16-18-19-20-21(16)14(13)12-8-6-5-7-9-12/h5-9,14H,3-4,10H2,1-2H3,(H,17,18,20)/t14-/m0/s1. The van der Waals surface area contributed by atoms with E-state index in [2.05, 4.69) is 27.8 Å². The minimum absolute atomic E-state index is 0.335. The Morgan fingerprint density at radius 2 is 2.13 bits per heavy atom. The van der Waals surface area contributed by atoms with Crippen molar-refractivity contribution in [1.82, 2.24) is 20.2 Å². The number of nitrogens with zero attached hydrogens (tertiary/aromatic N) is 4. The van der Waals surface area contributed by atoms with Crippen molar-refractivity contribution in [2.24, 2.45) is 0 Å². The van der Waals surface area contributed by atoms with Crippen LogP contribution in [0, 0.1) is 0 Å². The van der Waals surface area contributed by atoms with Crippen molar-refractivity contribution < 1.29 is 9.53 Å². The van der Waals surface area contributed by atoms with E-state index in [9.17, 15) is 4.79 Å². The largest absolute Gasteiger partial charge is 0.462 e. The molecular weight excluding hydrogens is 294 g/mol. The maximum absolute atomic E-state index is 12.6. The van der Waals surface area contributed by atoms with Gasteiger partial charge in [-0.3, -0.25) is 0 Å². The Bertz CT molecular complexity index is 723. The predicted octanol–water partition coefficient (Wildman–Crippen LogP) is 2.31. The lowest BCUT2D eigenvalue weighted by Crippen LogP contribution is -2.29. The van der Waals surface area contributed by atoms with E-state index in [-0.39, 0.29) is 5.97 Å². The molecule has 120 valence electrons. The van der Waals surface area contributed by atoms with Gasteiger partial charge in [0, 0.05) is 5.70 Å². The average molecular weight is 313 g/mol. The fourth-order valence-corrected chi connectivity index (χ4v) is 2.61. The Morgan fingerprint density at radius 3 is 2.87 bits per heavy atom. The molecule has 7 nitrogen and oxygen atoms in total. The van der Waals surface area contributed by atoms with Crippen molar-refractivity contribution >= 4 is 11.9 Å². The maximum Gasteiger partial charge on any atom is 0.338 e. The number of hydrogen-bond donors (Lipinski definition) is 1. The second-order valence-electron chi connectivity index (χ2n) is 5.41. The van der Waals surface area contributed by atoms with Crippen LogP contribution in [0.4, 0.5) is 5.95 Å². The van der Waals surface area contributed by atoms with Gasteiger partial charge < -0.3 is 10.1 Å². The van der Waals surface area contributed by atoms with Gasteiger partial charge in [-0.15, -0.1) is 0 Å². The summed E-state index contributed by atoms with van der Waals surface area (Å²) in [5.41, 5.74) is 2.18. The Kier molecular flexibility index (Phi) is 4.36. The van der Waals surface area contributed by atoms with Crippen LogP contribution in [0.1, 0.15) is 38.3 Å². The highest BCUT2D eigenvalue weighted by Gasteiger charge is 2.34. The molecule has 0 spiro atoms. The number of carbonyl (C=O) groups excluding carboxylic acids is 1. The van der Waals surface area contributed by atoms with E-state index < -0.39 is 6.04 Å². The highest BCUT2D eigenvalue weighted by atomic mass is 16.5. The molecule has 0 aliphatic carbocycles. The molecule has 0 saturated carbocycles. The minimum Gasteiger partial charge on any atom is -0.462 e. The predicted molar refractivity (Wildman–Crippen MR) is 84.6 cm³/mol. The number of anilines is 1. The lowest BCUT2D eigenvalue weighted by Gasteiger charge is -2.27. The first-order chi connectivity index (χ1) is 11.2. The number of rotatable bonds is 5. The number of allylic oxidation sites excluding steroid dienone is 1. The number of carbonyl (C=O) groups is 1. The molecule has 1 aliphatic heterocycles. The number of aromatic nitrogens is 4. The number of nitrogens with one attached hydrogen (secondary N) is 1. The zero-order chi connectivity index (χ0) is 16.2. The van der Waals surface area contributed by atoms with Crippen molar-refractivity contribution in [2.45, 2.75) is 32.7 Å². The van der Waals surface area contributed by atoms with Gasteiger partial charge in [0.2, 0.25) is 5.95 Å². The summed E-state index contributed by atoms with van der Waals surface area (Å²) in [5, 5.41) is 14.8. The van der Waals surface area contributed by atoms with Crippen molar-refractivity contribution in [3.8, 4) is 0 Å². The molecule has 1 aromatic carbocycles. The first-order valence-corrected chi connectivity index (χ1v) is 7.70. The molecule has 23 heavy (non-hydrogen) atoms. The van der Waals surface area contributed by atoms with Crippen molar-refractivity contribution in [2.75, 3.05) is 11.9 Å². The van der Waals surface area contributed by atoms with Gasteiger partial charge in [0.15, 0.2) is 0 Å². The SMILES string of the molecule is CCCCOC(=O)C1=C(C)Nc2nnnn2[C@H]1c1ccccc1. The van der Waals surface area contributed by atoms with Gasteiger partial charge in [0.25, 0.3) is 0 Å². The van der Waals surface area contributed by atoms with Crippen LogP contribution < -0.4 is 5.32 Å². The van der Waals surface area contributed by atoms with Crippen molar-refractivity contribution in [3.05, 3.63) is 47.2 Å². The van der Waals surface area contributed by atoms with E-state index in [4.69, 9.17) is 4.74 Å². The molecular formula is C16H19N5O2. The number of unbranched alkanes of at least 4 members (excludes halogenated alkanes) is 1. The molecule has 2 aromatic rings. The summed E-state index contributed by atoms with van der Waals surface area (Å²) in [7, 11) is 0. The summed E-state index contributed by atoms with van der Waals surface area (Å²) in [4.78, 5) is 12.6. The molecule has 1 aromatic heterocycles. The van der Waals surface area contributed by atoms with E-state index in [0.717, 1.165) is 18.4 Å². The maximum atomic E-state index is 12.6. The van der Waals surface area contributed by atoms with E-state index in [1.165, 1.54) is 0 Å². The summed E-state index contributed by atoms with van der Waals surface area (Å²) >= 11 is 0. The van der Waals surface area contributed by atoms with Gasteiger partial charge >= 0.3 is 5.97 Å². The van der Waals surface area contributed by atoms with Gasteiger partial charge in [-0.2, -0.15) is 4.68 Å². The van der Waals surface area contributed by atoms with Gasteiger partial charge in [-0.05, 0) is 29.3 Å². The second kappa shape index (κ2) is 6.60. The molecule has 2 heterocycles. The fourth-order valence-electron chi connectivity index (χ4n) is 2.61. The van der Waals surface area contributed by atoms with Gasteiger partial charge in [-0.1, -0.05) is 48.8 Å². The highest BCUT2D eigenvalue weighted by Crippen LogP contribution is 2.34. The zero-order valence-corrected chi connectivity index (χ0v) is 13.2. The monoisotopic (exact) mass is 313 g/mol. The van der Waals surface area contributed by atoms with Gasteiger partial charge in [0.05, 0.1) is 12.2 Å². The third-order valence-electron chi connectivity index (χ3n) is 3.78. The van der Waals surface area contributed by atoms with Crippen molar-refractivity contribution in [1.29, 1.82) is 0 Å². The van der Waals surface area contributed by atoms with Crippen LogP contribution in [0.2, 0.25) is 0 Å². The summed E-state index contributed by atoms with van der Waals surface area (Å²) in [6.45, 7) is 4.31. The van der Waals surface area contributed by atoms with Crippen LogP contribution in [-0.2, 0) is 9.53 Å². The third-order valence-corrected chi connectivity index (χ3v) is 3.78. The Labute approximate surface area is 134 Å². The normalized spacial score (nSPS) is 16.7. The van der Waals surface area contributed by atoms with Crippen LogP contribution in [-0.4, -0.2) is 32.8 Å². The summed E-state index contributed by atoms with van der Waals surface area (Å²) in [6, 6.07) is 9.30. The fraction of sp³-hybridized carbons (Fsp3) is 0.375.